The Hall–Kier alpha value is -0.600. The van der Waals surface area contributed by atoms with Gasteiger partial charge in [-0.05, 0) is 81.5 Å². The standard InChI is InChI=1S/C19H32O2/c1-3-5-16-12-14(7-9-18(16)20)11-15-8-10-19(21)17(13-15)6-4-2/h3-4,14-21H,1-2,5-13H2. The molecule has 2 aliphatic rings. The third-order valence-corrected chi connectivity index (χ3v) is 5.71. The number of aliphatic hydroxyl groups is 2. The molecule has 21 heavy (non-hydrogen) atoms. The van der Waals surface area contributed by atoms with Crippen LogP contribution < -0.4 is 0 Å². The first-order valence-corrected chi connectivity index (χ1v) is 8.72. The van der Waals surface area contributed by atoms with E-state index in [1.54, 1.807) is 0 Å². The minimum atomic E-state index is -0.124. The highest BCUT2D eigenvalue weighted by Gasteiger charge is 2.33. The summed E-state index contributed by atoms with van der Waals surface area (Å²) in [6.45, 7) is 7.64. The zero-order valence-electron chi connectivity index (χ0n) is 13.3. The van der Waals surface area contributed by atoms with Crippen LogP contribution in [0, 0.1) is 23.7 Å². The van der Waals surface area contributed by atoms with E-state index in [9.17, 15) is 10.2 Å². The topological polar surface area (TPSA) is 40.5 Å². The molecule has 2 aliphatic carbocycles. The summed E-state index contributed by atoms with van der Waals surface area (Å²) in [7, 11) is 0. The molecule has 2 saturated carbocycles. The Balaban J connectivity index is 1.83. The van der Waals surface area contributed by atoms with Crippen molar-refractivity contribution in [3.8, 4) is 0 Å². The van der Waals surface area contributed by atoms with Crippen molar-refractivity contribution in [3.05, 3.63) is 25.3 Å². The van der Waals surface area contributed by atoms with E-state index in [1.807, 2.05) is 12.2 Å². The lowest BCUT2D eigenvalue weighted by atomic mass is 9.70. The molecule has 0 aromatic rings. The Labute approximate surface area is 130 Å². The van der Waals surface area contributed by atoms with E-state index in [0.29, 0.717) is 11.8 Å². The summed E-state index contributed by atoms with van der Waals surface area (Å²) in [5.74, 6) is 2.34. The molecule has 0 amide bonds. The van der Waals surface area contributed by atoms with Gasteiger partial charge in [0.15, 0.2) is 0 Å². The Morgan fingerprint density at radius 3 is 1.57 bits per heavy atom. The van der Waals surface area contributed by atoms with Gasteiger partial charge < -0.3 is 10.2 Å². The maximum atomic E-state index is 10.1. The van der Waals surface area contributed by atoms with Crippen LogP contribution in [0.25, 0.3) is 0 Å². The molecule has 120 valence electrons. The first-order chi connectivity index (χ1) is 10.1. The normalized spacial score (nSPS) is 40.7. The highest BCUT2D eigenvalue weighted by molar-refractivity contribution is 4.88. The minimum absolute atomic E-state index is 0.124. The van der Waals surface area contributed by atoms with Gasteiger partial charge in [0.2, 0.25) is 0 Å². The molecule has 0 spiro atoms. The Kier molecular flexibility index (Phi) is 6.50. The van der Waals surface area contributed by atoms with Gasteiger partial charge in [-0.25, -0.2) is 0 Å². The molecule has 0 saturated heterocycles. The number of aliphatic hydroxyl groups excluding tert-OH is 2. The van der Waals surface area contributed by atoms with E-state index in [2.05, 4.69) is 13.2 Å². The third kappa shape index (κ3) is 4.69. The fraction of sp³-hybridized carbons (Fsp3) is 0.789. The molecule has 6 unspecified atom stereocenters. The molecule has 2 rings (SSSR count). The van der Waals surface area contributed by atoms with E-state index in [-0.39, 0.29) is 12.2 Å². The van der Waals surface area contributed by atoms with Gasteiger partial charge in [-0.1, -0.05) is 12.2 Å². The third-order valence-electron chi connectivity index (χ3n) is 5.71. The van der Waals surface area contributed by atoms with Crippen molar-refractivity contribution < 1.29 is 10.2 Å². The summed E-state index contributed by atoms with van der Waals surface area (Å²) in [5.41, 5.74) is 0. The smallest absolute Gasteiger partial charge is 0.0571 e. The van der Waals surface area contributed by atoms with Crippen molar-refractivity contribution in [1.82, 2.24) is 0 Å². The molecule has 0 aromatic heterocycles. The number of rotatable bonds is 6. The molecule has 2 fully saturated rings. The van der Waals surface area contributed by atoms with Crippen LogP contribution in [0.15, 0.2) is 25.3 Å². The lowest BCUT2D eigenvalue weighted by Gasteiger charge is -2.38. The van der Waals surface area contributed by atoms with Crippen LogP contribution in [0.2, 0.25) is 0 Å². The van der Waals surface area contributed by atoms with Crippen LogP contribution in [0.3, 0.4) is 0 Å². The van der Waals surface area contributed by atoms with E-state index in [0.717, 1.165) is 50.4 Å². The van der Waals surface area contributed by atoms with Crippen LogP contribution in [0.5, 0.6) is 0 Å². The van der Waals surface area contributed by atoms with Crippen LogP contribution in [-0.4, -0.2) is 22.4 Å². The van der Waals surface area contributed by atoms with E-state index < -0.39 is 0 Å². The SMILES string of the molecule is C=CCC1CC(CC2CCC(O)C(CC=C)C2)CCC1O. The zero-order chi connectivity index (χ0) is 15.2. The van der Waals surface area contributed by atoms with Gasteiger partial charge >= 0.3 is 0 Å². The first kappa shape index (κ1) is 16.8. The van der Waals surface area contributed by atoms with Crippen LogP contribution in [0.1, 0.15) is 57.8 Å². The fourth-order valence-corrected chi connectivity index (χ4v) is 4.52. The highest BCUT2D eigenvalue weighted by Crippen LogP contribution is 2.40. The summed E-state index contributed by atoms with van der Waals surface area (Å²) in [4.78, 5) is 0. The average molecular weight is 292 g/mol. The molecule has 0 heterocycles. The second kappa shape index (κ2) is 8.14. The minimum Gasteiger partial charge on any atom is -0.393 e. The lowest BCUT2D eigenvalue weighted by molar-refractivity contribution is 0.0233. The summed E-state index contributed by atoms with van der Waals surface area (Å²) in [6, 6.07) is 0. The van der Waals surface area contributed by atoms with Gasteiger partial charge in [0.05, 0.1) is 12.2 Å². The fourth-order valence-electron chi connectivity index (χ4n) is 4.52. The molecule has 2 N–H and O–H groups in total. The molecule has 0 aliphatic heterocycles. The second-order valence-electron chi connectivity index (χ2n) is 7.30. The Bertz CT molecular complexity index is 306. The predicted molar refractivity (Wildman–Crippen MR) is 87.9 cm³/mol. The van der Waals surface area contributed by atoms with Crippen molar-refractivity contribution in [1.29, 1.82) is 0 Å². The lowest BCUT2D eigenvalue weighted by Crippen LogP contribution is -2.33. The number of hydrogen-bond acceptors (Lipinski definition) is 2. The molecular weight excluding hydrogens is 260 g/mol. The molecule has 2 heteroatoms. The molecule has 2 nitrogen and oxygen atoms in total. The van der Waals surface area contributed by atoms with Gasteiger partial charge in [0, 0.05) is 0 Å². The van der Waals surface area contributed by atoms with Crippen molar-refractivity contribution in [2.45, 2.75) is 70.0 Å². The Morgan fingerprint density at radius 2 is 1.19 bits per heavy atom. The van der Waals surface area contributed by atoms with Gasteiger partial charge in [-0.3, -0.25) is 0 Å². The maximum absolute atomic E-state index is 10.1. The summed E-state index contributed by atoms with van der Waals surface area (Å²) in [5, 5.41) is 20.2. The maximum Gasteiger partial charge on any atom is 0.0571 e. The first-order valence-electron chi connectivity index (χ1n) is 8.72. The molecular formula is C19H32O2. The van der Waals surface area contributed by atoms with Crippen molar-refractivity contribution in [2.24, 2.45) is 23.7 Å². The zero-order valence-corrected chi connectivity index (χ0v) is 13.3. The summed E-state index contributed by atoms with van der Waals surface area (Å²) >= 11 is 0. The average Bonchev–Trinajstić information content (AvgIpc) is 2.47. The number of hydrogen-bond donors (Lipinski definition) is 2. The van der Waals surface area contributed by atoms with Gasteiger partial charge in [-0.15, -0.1) is 13.2 Å². The van der Waals surface area contributed by atoms with Crippen molar-refractivity contribution in [3.63, 3.8) is 0 Å². The quantitative estimate of drug-likeness (QED) is 0.724. The molecule has 6 atom stereocenters. The molecule has 0 aromatic carbocycles. The van der Waals surface area contributed by atoms with Crippen molar-refractivity contribution in [2.75, 3.05) is 0 Å². The van der Waals surface area contributed by atoms with Gasteiger partial charge in [-0.2, -0.15) is 0 Å². The van der Waals surface area contributed by atoms with Crippen LogP contribution >= 0.6 is 0 Å². The summed E-state index contributed by atoms with van der Waals surface area (Å²) in [6.07, 6.45) is 13.4. The van der Waals surface area contributed by atoms with E-state index in [1.165, 1.54) is 19.3 Å². The summed E-state index contributed by atoms with van der Waals surface area (Å²) < 4.78 is 0. The monoisotopic (exact) mass is 292 g/mol. The predicted octanol–water partition coefficient (Wildman–Crippen LogP) is 4.08. The van der Waals surface area contributed by atoms with Gasteiger partial charge in [0.1, 0.15) is 0 Å². The van der Waals surface area contributed by atoms with Crippen molar-refractivity contribution >= 4 is 0 Å². The largest absolute Gasteiger partial charge is 0.393 e. The van der Waals surface area contributed by atoms with E-state index in [4.69, 9.17) is 0 Å². The number of allylic oxidation sites excluding steroid dienone is 2. The second-order valence-corrected chi connectivity index (χ2v) is 7.30. The van der Waals surface area contributed by atoms with Crippen LogP contribution in [-0.2, 0) is 0 Å². The highest BCUT2D eigenvalue weighted by atomic mass is 16.3. The van der Waals surface area contributed by atoms with Crippen LogP contribution in [0.4, 0.5) is 0 Å². The molecule has 0 bridgehead atoms. The van der Waals surface area contributed by atoms with E-state index >= 15 is 0 Å². The molecule has 0 radical (unpaired) electrons. The van der Waals surface area contributed by atoms with Gasteiger partial charge in [0.25, 0.3) is 0 Å². The Morgan fingerprint density at radius 1 is 0.762 bits per heavy atom.